The van der Waals surface area contributed by atoms with Gasteiger partial charge in [-0.25, -0.2) is 4.68 Å². The number of nitrogens with one attached hydrogen (secondary N) is 5. The lowest BCUT2D eigenvalue weighted by Crippen LogP contribution is -2.46. The van der Waals surface area contributed by atoms with Crippen molar-refractivity contribution in [3.63, 3.8) is 0 Å². The summed E-state index contributed by atoms with van der Waals surface area (Å²) in [5.74, 6) is -1.23. The third-order valence-corrected chi connectivity index (χ3v) is 18.0. The number of unbranched alkanes of at least 4 members (excludes halogenated alkanes) is 1. The molecule has 1 aliphatic heterocycles. The fourth-order valence-electron chi connectivity index (χ4n) is 10.8. The van der Waals surface area contributed by atoms with Crippen LogP contribution in [0, 0.1) is 18.8 Å². The number of ether oxygens (including phenoxy) is 10. The summed E-state index contributed by atoms with van der Waals surface area (Å²) in [4.78, 5) is 78.2. The van der Waals surface area contributed by atoms with Crippen LogP contribution in [0.15, 0.2) is 124 Å². The minimum absolute atomic E-state index is 0.0341. The van der Waals surface area contributed by atoms with Crippen molar-refractivity contribution in [1.82, 2.24) is 41.2 Å². The topological polar surface area (TPSA) is 289 Å². The molecule has 25 nitrogen and oxygen atoms in total. The summed E-state index contributed by atoms with van der Waals surface area (Å²) >= 11 is 6.34. The highest BCUT2D eigenvalue weighted by Gasteiger charge is 2.39. The van der Waals surface area contributed by atoms with Gasteiger partial charge in [-0.2, -0.15) is 0 Å². The van der Waals surface area contributed by atoms with E-state index in [0.717, 1.165) is 40.8 Å². The molecule has 6 amide bonds. The number of imide groups is 1. The van der Waals surface area contributed by atoms with Gasteiger partial charge in [0.15, 0.2) is 0 Å². The van der Waals surface area contributed by atoms with E-state index in [4.69, 9.17) is 47.4 Å². The summed E-state index contributed by atoms with van der Waals surface area (Å²) in [6, 6.07) is 34.8. The van der Waals surface area contributed by atoms with E-state index in [1.54, 1.807) is 42.3 Å². The molecule has 1 atom stereocenters. The first-order chi connectivity index (χ1) is 47.3. The highest BCUT2D eigenvalue weighted by Crippen LogP contribution is 2.38. The lowest BCUT2D eigenvalue weighted by atomic mass is 9.77. The van der Waals surface area contributed by atoms with Gasteiger partial charge in [0.05, 0.1) is 138 Å². The van der Waals surface area contributed by atoms with Gasteiger partial charge in [-0.1, -0.05) is 90.1 Å². The van der Waals surface area contributed by atoms with Crippen molar-refractivity contribution in [2.75, 3.05) is 151 Å². The molecule has 5 aromatic rings. The van der Waals surface area contributed by atoms with Crippen LogP contribution in [-0.4, -0.2) is 207 Å². The molecule has 1 saturated carbocycles. The van der Waals surface area contributed by atoms with Crippen molar-refractivity contribution in [2.45, 2.75) is 69.6 Å². The lowest BCUT2D eigenvalue weighted by molar-refractivity contribution is -0.138. The second-order valence-electron chi connectivity index (χ2n) is 22.9. The fourth-order valence-corrected chi connectivity index (χ4v) is 11.6. The molecule has 0 saturated heterocycles. The van der Waals surface area contributed by atoms with E-state index in [1.807, 2.05) is 48.5 Å². The Labute approximate surface area is 584 Å². The molecule has 4 aromatic carbocycles. The van der Waals surface area contributed by atoms with E-state index in [9.17, 15) is 28.8 Å². The summed E-state index contributed by atoms with van der Waals surface area (Å²) in [5.41, 5.74) is 4.49. The molecular formula is C70H92Br2N9O16. The average molecular weight is 1480 g/mol. The molecule has 0 spiro atoms. The van der Waals surface area contributed by atoms with Gasteiger partial charge in [-0.05, 0) is 143 Å². The molecule has 1 aromatic heterocycles. The van der Waals surface area contributed by atoms with Crippen LogP contribution in [0.25, 0.3) is 0 Å². The number of benzene rings is 4. The van der Waals surface area contributed by atoms with E-state index in [-0.39, 0.29) is 70.7 Å². The summed E-state index contributed by atoms with van der Waals surface area (Å²) < 4.78 is 57.7. The zero-order valence-corrected chi connectivity index (χ0v) is 58.4. The number of nitrogens with zero attached hydrogens (tertiary/aromatic N) is 4. The number of carbonyl (C=O) groups is 6. The van der Waals surface area contributed by atoms with Crippen LogP contribution in [0.3, 0.4) is 0 Å². The van der Waals surface area contributed by atoms with Crippen LogP contribution < -0.4 is 31.3 Å². The Hall–Kier alpha value is -6.86. The first-order valence-corrected chi connectivity index (χ1v) is 34.5. The third kappa shape index (κ3) is 27.1. The maximum Gasteiger partial charge on any atom is 0.269 e. The molecule has 0 bridgehead atoms. The highest BCUT2D eigenvalue weighted by molar-refractivity contribution is 9.14. The standard InChI is InChI=1S/C70H92Br2N9O16/c1-52-16-24-58(25-17-52)76-67(85)61(15-9-10-28-75-70(55-11-5-3-6-12-55,56-13-7-4-8-14-56)57-22-26-60(88-2)27-23-57)77-63(83)51-97-50-62(82)73-29-31-89-33-35-91-37-39-93-41-43-95-45-46-96-44-42-94-40-38-92-36-34-90-32-30-80-49-59(78-79-80)47-74-66(84)54-20-18-53(19-21-54)48-81-68(86)64(71)65(72)69(81)87/h3-8,11-14,16-17,22-27,49,53-54,61,75H,1,9-10,15,18-21,28-48,50-51H2,2H3,(H,73,82)(H,74,84)(H,76,85)(H,77,83)/t53?,54?,61-/m0/s1. The minimum atomic E-state index is -0.877. The lowest BCUT2D eigenvalue weighted by Gasteiger charge is -2.37. The number of aromatic nitrogens is 3. The Morgan fingerprint density at radius 1 is 0.588 bits per heavy atom. The van der Waals surface area contributed by atoms with Gasteiger partial charge < -0.3 is 68.6 Å². The van der Waals surface area contributed by atoms with Crippen LogP contribution in [0.4, 0.5) is 5.69 Å². The SMILES string of the molecule is [CH2]c1ccc(NC(=O)[C@H](CCCCNC(c2ccccc2)(c2ccccc2)c2ccc(OC)cc2)NC(=O)COCC(=O)NCCOCCOCCOCCOCCOCCOCCOCCOCCn2cc(CNC(=O)C3CCC(CN4C(=O)C(Br)=C(Br)C4=O)CC3)nn2)cc1. The summed E-state index contributed by atoms with van der Waals surface area (Å²) in [7, 11) is 1.65. The number of hydrogen-bond acceptors (Lipinski definition) is 19. The Morgan fingerprint density at radius 2 is 1.09 bits per heavy atom. The van der Waals surface area contributed by atoms with E-state index >= 15 is 0 Å². The Bertz CT molecular complexity index is 3120. The van der Waals surface area contributed by atoms with E-state index in [0.29, 0.717) is 162 Å². The number of anilines is 1. The zero-order chi connectivity index (χ0) is 68.7. The summed E-state index contributed by atoms with van der Waals surface area (Å²) in [6.07, 6.45) is 6.30. The molecule has 5 N–H and O–H groups in total. The van der Waals surface area contributed by atoms with E-state index in [1.165, 1.54) is 4.90 Å². The smallest absolute Gasteiger partial charge is 0.269 e. The molecule has 7 rings (SSSR count). The first kappa shape index (κ1) is 77.5. The van der Waals surface area contributed by atoms with Gasteiger partial charge >= 0.3 is 0 Å². The molecule has 2 aliphatic rings. The quantitative estimate of drug-likeness (QED) is 0.0160. The molecular weight excluding hydrogens is 1380 g/mol. The van der Waals surface area contributed by atoms with Gasteiger partial charge in [-0.3, -0.25) is 39.0 Å². The molecule has 2 heterocycles. The maximum absolute atomic E-state index is 13.7. The zero-order valence-electron chi connectivity index (χ0n) is 55.2. The number of amides is 6. The molecule has 0 unspecified atom stereocenters. The first-order valence-electron chi connectivity index (χ1n) is 32.9. The maximum atomic E-state index is 13.7. The number of carbonyl (C=O) groups excluding carboxylic acids is 6. The van der Waals surface area contributed by atoms with Gasteiger partial charge in [0.1, 0.15) is 39.7 Å². The van der Waals surface area contributed by atoms with Crippen LogP contribution in [-0.2, 0) is 90.0 Å². The largest absolute Gasteiger partial charge is 0.497 e. The number of rotatable bonds is 49. The number of halogens is 2. The van der Waals surface area contributed by atoms with Gasteiger partial charge in [0.25, 0.3) is 11.8 Å². The molecule has 1 aliphatic carbocycles. The van der Waals surface area contributed by atoms with Gasteiger partial charge in [0.2, 0.25) is 23.6 Å². The normalized spacial score (nSPS) is 15.2. The number of hydrogen-bond donors (Lipinski definition) is 5. The molecule has 1 radical (unpaired) electrons. The number of methoxy groups -OCH3 is 1. The second-order valence-corrected chi connectivity index (χ2v) is 24.5. The van der Waals surface area contributed by atoms with E-state index in [2.05, 4.69) is 112 Å². The van der Waals surface area contributed by atoms with Crippen molar-refractivity contribution < 1.29 is 76.1 Å². The van der Waals surface area contributed by atoms with Crippen molar-refractivity contribution in [3.8, 4) is 5.75 Å². The van der Waals surface area contributed by atoms with Crippen LogP contribution in [0.2, 0.25) is 0 Å². The van der Waals surface area contributed by atoms with Gasteiger partial charge in [-0.15, -0.1) is 5.10 Å². The predicted octanol–water partition coefficient (Wildman–Crippen LogP) is 6.40. The summed E-state index contributed by atoms with van der Waals surface area (Å²) in [5, 5.41) is 23.6. The Kier molecular flexibility index (Phi) is 35.3. The van der Waals surface area contributed by atoms with Crippen LogP contribution in [0.1, 0.15) is 72.9 Å². The van der Waals surface area contributed by atoms with Crippen LogP contribution >= 0.6 is 31.9 Å². The van der Waals surface area contributed by atoms with Crippen LogP contribution in [0.5, 0.6) is 5.75 Å². The second kappa shape index (κ2) is 44.2. The minimum Gasteiger partial charge on any atom is -0.497 e. The molecule has 527 valence electrons. The molecule has 97 heavy (non-hydrogen) atoms. The fraction of sp³-hybridized carbons (Fsp3) is 0.500. The monoisotopic (exact) mass is 1470 g/mol. The van der Waals surface area contributed by atoms with Crippen molar-refractivity contribution >= 4 is 73.0 Å². The van der Waals surface area contributed by atoms with Crippen molar-refractivity contribution in [3.05, 3.63) is 159 Å². The average Bonchev–Trinajstić information content (AvgIpc) is 1.45. The third-order valence-electron chi connectivity index (χ3n) is 16.0. The Morgan fingerprint density at radius 3 is 1.63 bits per heavy atom. The van der Waals surface area contributed by atoms with Crippen molar-refractivity contribution in [2.24, 2.45) is 11.8 Å². The molecule has 27 heteroatoms. The van der Waals surface area contributed by atoms with E-state index < -0.39 is 30.0 Å². The summed E-state index contributed by atoms with van der Waals surface area (Å²) in [6.45, 7) is 11.5. The molecule has 1 fully saturated rings. The highest BCUT2D eigenvalue weighted by atomic mass is 79.9. The predicted molar refractivity (Wildman–Crippen MR) is 368 cm³/mol. The Balaban J connectivity index is 0.619. The van der Waals surface area contributed by atoms with Crippen molar-refractivity contribution in [1.29, 1.82) is 0 Å². The van der Waals surface area contributed by atoms with Gasteiger partial charge in [0, 0.05) is 24.7 Å².